The first-order chi connectivity index (χ1) is 17.8. The molecule has 7 heteroatoms. The fourth-order valence-electron chi connectivity index (χ4n) is 3.53. The van der Waals surface area contributed by atoms with E-state index in [0.717, 1.165) is 39.7 Å². The summed E-state index contributed by atoms with van der Waals surface area (Å²) in [6, 6.07) is 12.2. The van der Waals surface area contributed by atoms with E-state index in [9.17, 15) is 0 Å². The van der Waals surface area contributed by atoms with Crippen LogP contribution < -0.4 is 0 Å². The molecule has 0 fully saturated rings. The van der Waals surface area contributed by atoms with Crippen LogP contribution in [0.3, 0.4) is 0 Å². The van der Waals surface area contributed by atoms with Crippen LogP contribution in [0, 0.1) is 41.5 Å². The largest absolute Gasteiger partial charge is 0.307 e. The molecule has 0 saturated carbocycles. The quantitative estimate of drug-likeness (QED) is 0.220. The zero-order valence-corrected chi connectivity index (χ0v) is 24.0. The molecule has 0 atom stereocenters. The first kappa shape index (κ1) is 29.2. The summed E-state index contributed by atoms with van der Waals surface area (Å²) in [5, 5.41) is 4.21. The van der Waals surface area contributed by atoms with Gasteiger partial charge in [0.05, 0.1) is 17.1 Å². The summed E-state index contributed by atoms with van der Waals surface area (Å²) in [5.74, 6) is 0. The molecule has 196 valence electrons. The van der Waals surface area contributed by atoms with Crippen molar-refractivity contribution in [1.82, 2.24) is 33.4 Å². The van der Waals surface area contributed by atoms with Crippen molar-refractivity contribution >= 4 is 16.9 Å². The average Bonchev–Trinajstić information content (AvgIpc) is 3.55. The minimum absolute atomic E-state index is 0.919. The summed E-state index contributed by atoms with van der Waals surface area (Å²) in [6.45, 7) is 20.1. The van der Waals surface area contributed by atoms with Gasteiger partial charge in [-0.25, -0.2) is 19.5 Å². The van der Waals surface area contributed by atoms with Crippen molar-refractivity contribution in [2.75, 3.05) is 0 Å². The van der Waals surface area contributed by atoms with E-state index in [1.807, 2.05) is 107 Å². The predicted molar refractivity (Wildman–Crippen MR) is 154 cm³/mol. The molecule has 6 aromatic heterocycles. The number of hydrogen-bond donors (Lipinski definition) is 0. The first-order valence-corrected chi connectivity index (χ1v) is 12.9. The van der Waals surface area contributed by atoms with Crippen LogP contribution in [-0.4, -0.2) is 33.4 Å². The van der Waals surface area contributed by atoms with Gasteiger partial charge in [-0.05, 0) is 76.9 Å². The summed E-state index contributed by atoms with van der Waals surface area (Å²) in [5.41, 5.74) is 9.64. The van der Waals surface area contributed by atoms with E-state index in [4.69, 9.17) is 0 Å². The van der Waals surface area contributed by atoms with Crippen LogP contribution in [0.2, 0.25) is 0 Å². The molecule has 0 saturated heterocycles. The van der Waals surface area contributed by atoms with Gasteiger partial charge in [-0.15, -0.1) is 0 Å². The Morgan fingerprint density at radius 3 is 1.81 bits per heavy atom. The maximum atomic E-state index is 4.34. The molecule has 0 aliphatic rings. The lowest BCUT2D eigenvalue weighted by atomic mass is 10.3. The summed E-state index contributed by atoms with van der Waals surface area (Å²) in [6.07, 6.45) is 10.1. The van der Waals surface area contributed by atoms with Gasteiger partial charge >= 0.3 is 0 Å². The number of aryl methyl sites for hydroxylation is 6. The maximum Gasteiger partial charge on any atom is 0.155 e. The third-order valence-corrected chi connectivity index (χ3v) is 5.04. The highest BCUT2D eigenvalue weighted by Gasteiger charge is 1.97. The molecule has 0 unspecified atom stereocenters. The van der Waals surface area contributed by atoms with Crippen LogP contribution in [0.15, 0.2) is 67.4 Å². The van der Waals surface area contributed by atoms with Crippen molar-refractivity contribution in [2.24, 2.45) is 0 Å². The molecule has 0 amide bonds. The van der Waals surface area contributed by atoms with Crippen LogP contribution in [0.25, 0.3) is 16.9 Å². The molecular weight excluding hydrogens is 458 g/mol. The Bertz CT molecular complexity index is 1350. The number of rotatable bonds is 0. The van der Waals surface area contributed by atoms with Crippen molar-refractivity contribution in [1.29, 1.82) is 0 Å². The third kappa shape index (κ3) is 8.27. The maximum absolute atomic E-state index is 4.34. The Morgan fingerprint density at radius 2 is 1.11 bits per heavy atom. The molecule has 0 bridgehead atoms. The highest BCUT2D eigenvalue weighted by molar-refractivity contribution is 5.42. The number of fused-ring (bicyclic) bond motifs is 3. The Kier molecular flexibility index (Phi) is 11.0. The monoisotopic (exact) mass is 499 g/mol. The molecule has 0 N–H and O–H groups in total. The van der Waals surface area contributed by atoms with Crippen molar-refractivity contribution in [3.05, 3.63) is 101 Å². The van der Waals surface area contributed by atoms with E-state index in [0.29, 0.717) is 0 Å². The SMILES string of the molecule is CC.CC.Cc1ccc2nc(C)cn2c1.Cc1ccn2cc(C)nc2c1.Cc1ccn2nc(C)cc2n1. The van der Waals surface area contributed by atoms with Crippen LogP contribution in [0.4, 0.5) is 0 Å². The Hall–Kier alpha value is -4.00. The normalized spacial score (nSPS) is 9.89. The van der Waals surface area contributed by atoms with Gasteiger partial charge < -0.3 is 8.80 Å². The Morgan fingerprint density at radius 1 is 0.486 bits per heavy atom. The van der Waals surface area contributed by atoms with Gasteiger partial charge in [-0.2, -0.15) is 5.10 Å². The van der Waals surface area contributed by atoms with Crippen molar-refractivity contribution in [3.63, 3.8) is 0 Å². The van der Waals surface area contributed by atoms with E-state index in [2.05, 4.69) is 58.3 Å². The van der Waals surface area contributed by atoms with E-state index in [1.165, 1.54) is 11.1 Å². The number of aromatic nitrogens is 7. The minimum Gasteiger partial charge on any atom is -0.307 e. The lowest BCUT2D eigenvalue weighted by Crippen LogP contribution is -1.90. The molecule has 0 aliphatic heterocycles. The Balaban J connectivity index is 0.000000183. The smallest absolute Gasteiger partial charge is 0.155 e. The molecule has 0 aliphatic carbocycles. The molecular formula is C30H41N7. The fourth-order valence-corrected chi connectivity index (χ4v) is 3.53. The van der Waals surface area contributed by atoms with Crippen LogP contribution in [-0.2, 0) is 0 Å². The molecule has 0 spiro atoms. The third-order valence-electron chi connectivity index (χ3n) is 5.04. The van der Waals surface area contributed by atoms with Gasteiger partial charge in [-0.3, -0.25) is 0 Å². The van der Waals surface area contributed by atoms with E-state index in [1.54, 1.807) is 4.52 Å². The highest BCUT2D eigenvalue weighted by atomic mass is 15.2. The number of imidazole rings is 2. The van der Waals surface area contributed by atoms with E-state index in [-0.39, 0.29) is 0 Å². The van der Waals surface area contributed by atoms with Crippen LogP contribution >= 0.6 is 0 Å². The number of nitrogens with zero attached hydrogens (tertiary/aromatic N) is 7. The van der Waals surface area contributed by atoms with E-state index < -0.39 is 0 Å². The number of pyridine rings is 2. The summed E-state index contributed by atoms with van der Waals surface area (Å²) in [4.78, 5) is 13.0. The van der Waals surface area contributed by atoms with Crippen molar-refractivity contribution in [3.8, 4) is 0 Å². The first-order valence-electron chi connectivity index (χ1n) is 12.9. The van der Waals surface area contributed by atoms with E-state index >= 15 is 0 Å². The van der Waals surface area contributed by atoms with Crippen molar-refractivity contribution in [2.45, 2.75) is 69.2 Å². The average molecular weight is 500 g/mol. The van der Waals surface area contributed by atoms with Gasteiger partial charge in [0.25, 0.3) is 0 Å². The zero-order chi connectivity index (χ0) is 27.5. The topological polar surface area (TPSA) is 64.8 Å². The molecule has 37 heavy (non-hydrogen) atoms. The highest BCUT2D eigenvalue weighted by Crippen LogP contribution is 2.07. The predicted octanol–water partition coefficient (Wildman–Crippen LogP) is 7.30. The van der Waals surface area contributed by atoms with Crippen molar-refractivity contribution < 1.29 is 0 Å². The minimum atomic E-state index is 0.919. The Labute approximate surface area is 220 Å². The van der Waals surface area contributed by atoms with Crippen LogP contribution in [0.1, 0.15) is 61.6 Å². The lowest BCUT2D eigenvalue weighted by molar-refractivity contribution is 0.909. The summed E-state index contributed by atoms with van der Waals surface area (Å²) < 4.78 is 5.86. The summed E-state index contributed by atoms with van der Waals surface area (Å²) >= 11 is 0. The van der Waals surface area contributed by atoms with Gasteiger partial charge in [-0.1, -0.05) is 33.8 Å². The lowest BCUT2D eigenvalue weighted by Gasteiger charge is -1.92. The van der Waals surface area contributed by atoms with Gasteiger partial charge in [0.2, 0.25) is 0 Å². The number of hydrogen-bond acceptors (Lipinski definition) is 4. The van der Waals surface area contributed by atoms with Gasteiger partial charge in [0, 0.05) is 42.7 Å². The van der Waals surface area contributed by atoms with Crippen LogP contribution in [0.5, 0.6) is 0 Å². The second kappa shape index (κ2) is 13.9. The van der Waals surface area contributed by atoms with Gasteiger partial charge in [0.15, 0.2) is 5.65 Å². The molecule has 6 heterocycles. The molecule has 0 aromatic carbocycles. The standard InChI is InChI=1S/2C9H10N2.C8H9N3.2C2H6/c1-7-3-4-11-6-8(2)10-9(11)5-7;1-7-3-4-9-10-8(2)6-11(9)5-7;1-6-3-4-11-8(9-6)5-7(2)10-11;2*1-2/h2*3-6H,1-2H3;3-5H,1-2H3;2*1-2H3. The zero-order valence-electron chi connectivity index (χ0n) is 24.0. The molecule has 0 radical (unpaired) electrons. The second-order valence-corrected chi connectivity index (χ2v) is 8.36. The van der Waals surface area contributed by atoms with Gasteiger partial charge in [0.1, 0.15) is 11.3 Å². The molecule has 6 aromatic rings. The second-order valence-electron chi connectivity index (χ2n) is 8.36. The molecule has 6 rings (SSSR count). The fraction of sp³-hybridized carbons (Fsp3) is 0.333. The molecule has 7 nitrogen and oxygen atoms in total. The summed E-state index contributed by atoms with van der Waals surface area (Å²) in [7, 11) is 0.